The molecule has 0 spiro atoms. The number of fused-ring (bicyclic) bond motifs is 1. The van der Waals surface area contributed by atoms with Gasteiger partial charge in [-0.3, -0.25) is 14.5 Å². The molecule has 0 aliphatic carbocycles. The molecule has 0 unspecified atom stereocenters. The van der Waals surface area contributed by atoms with Gasteiger partial charge in [-0.25, -0.2) is 0 Å². The average molecular weight is 492 g/mol. The Morgan fingerprint density at radius 3 is 2.39 bits per heavy atom. The Balaban J connectivity index is 1.46. The summed E-state index contributed by atoms with van der Waals surface area (Å²) in [4.78, 5) is 27.1. The second kappa shape index (κ2) is 11.8. The first kappa shape index (κ1) is 25.3. The highest BCUT2D eigenvalue weighted by Crippen LogP contribution is 2.34. The van der Waals surface area contributed by atoms with Crippen molar-refractivity contribution in [2.75, 3.05) is 26.8 Å². The van der Waals surface area contributed by atoms with Crippen LogP contribution in [-0.4, -0.2) is 43.5 Å². The number of rotatable bonds is 10. The molecule has 1 aliphatic heterocycles. The van der Waals surface area contributed by atoms with Crippen LogP contribution in [0.1, 0.15) is 47.1 Å². The maximum atomic E-state index is 13.2. The zero-order chi connectivity index (χ0) is 25.5. The van der Waals surface area contributed by atoms with Crippen LogP contribution in [0.5, 0.6) is 11.5 Å². The summed E-state index contributed by atoms with van der Waals surface area (Å²) in [5.74, 6) is 2.16. The lowest BCUT2D eigenvalue weighted by Crippen LogP contribution is -2.39. The minimum Gasteiger partial charge on any atom is -0.486 e. The lowest BCUT2D eigenvalue weighted by Gasteiger charge is -2.27. The summed E-state index contributed by atoms with van der Waals surface area (Å²) < 4.78 is 16.9. The lowest BCUT2D eigenvalue weighted by atomic mass is 9.95. The van der Waals surface area contributed by atoms with Crippen molar-refractivity contribution < 1.29 is 23.5 Å². The van der Waals surface area contributed by atoms with Gasteiger partial charge in [0.2, 0.25) is 5.91 Å². The third-order valence-electron chi connectivity index (χ3n) is 6.08. The Hall–Kier alpha value is -3.78. The first-order valence-electron chi connectivity index (χ1n) is 12.2. The molecular formula is C28H33N3O5. The summed E-state index contributed by atoms with van der Waals surface area (Å²) >= 11 is 0. The highest BCUT2D eigenvalue weighted by molar-refractivity contribution is 5.93. The average Bonchev–Trinajstić information content (AvgIpc) is 3.40. The van der Waals surface area contributed by atoms with Crippen LogP contribution in [0.4, 0.5) is 0 Å². The van der Waals surface area contributed by atoms with E-state index in [-0.39, 0.29) is 30.3 Å². The SMILES string of the molecule is CNC(=O)c1ccc(CN(CC(=O)N[C@@H](c2ccc3c(c2)OCCO3)C(C)C)Cc2ccco2)cc1. The van der Waals surface area contributed by atoms with Crippen LogP contribution in [0.25, 0.3) is 0 Å². The predicted molar refractivity (Wildman–Crippen MR) is 136 cm³/mol. The number of ether oxygens (including phenoxy) is 2. The van der Waals surface area contributed by atoms with Crippen molar-refractivity contribution in [1.82, 2.24) is 15.5 Å². The van der Waals surface area contributed by atoms with Gasteiger partial charge in [0.1, 0.15) is 19.0 Å². The Morgan fingerprint density at radius 2 is 1.72 bits per heavy atom. The van der Waals surface area contributed by atoms with Gasteiger partial charge in [0, 0.05) is 19.2 Å². The summed E-state index contributed by atoms with van der Waals surface area (Å²) in [6.07, 6.45) is 1.63. The Kier molecular flexibility index (Phi) is 8.28. The zero-order valence-corrected chi connectivity index (χ0v) is 21.0. The summed E-state index contributed by atoms with van der Waals surface area (Å²) in [5.41, 5.74) is 2.56. The first-order valence-corrected chi connectivity index (χ1v) is 12.2. The molecule has 1 aromatic heterocycles. The topological polar surface area (TPSA) is 93.0 Å². The molecular weight excluding hydrogens is 458 g/mol. The fourth-order valence-corrected chi connectivity index (χ4v) is 4.27. The summed E-state index contributed by atoms with van der Waals surface area (Å²) in [7, 11) is 1.61. The second-order valence-corrected chi connectivity index (χ2v) is 9.19. The van der Waals surface area contributed by atoms with Crippen molar-refractivity contribution in [1.29, 1.82) is 0 Å². The maximum Gasteiger partial charge on any atom is 0.251 e. The number of carbonyl (C=O) groups excluding carboxylic acids is 2. The Labute approximate surface area is 211 Å². The molecule has 0 fully saturated rings. The number of benzene rings is 2. The van der Waals surface area contributed by atoms with Crippen LogP contribution in [0.2, 0.25) is 0 Å². The fourth-order valence-electron chi connectivity index (χ4n) is 4.27. The minimum absolute atomic E-state index is 0.0860. The number of hydrogen-bond acceptors (Lipinski definition) is 6. The largest absolute Gasteiger partial charge is 0.486 e. The molecule has 2 aromatic carbocycles. The quantitative estimate of drug-likeness (QED) is 0.447. The summed E-state index contributed by atoms with van der Waals surface area (Å²) in [6, 6.07) is 16.8. The molecule has 8 nitrogen and oxygen atoms in total. The van der Waals surface area contributed by atoms with Crippen LogP contribution >= 0.6 is 0 Å². The van der Waals surface area contributed by atoms with Crippen LogP contribution in [0.15, 0.2) is 65.3 Å². The molecule has 2 N–H and O–H groups in total. The third kappa shape index (κ3) is 6.46. The van der Waals surface area contributed by atoms with Crippen LogP contribution in [0.3, 0.4) is 0 Å². The lowest BCUT2D eigenvalue weighted by molar-refractivity contribution is -0.123. The van der Waals surface area contributed by atoms with E-state index in [1.54, 1.807) is 25.4 Å². The highest BCUT2D eigenvalue weighted by atomic mass is 16.6. The van der Waals surface area contributed by atoms with Gasteiger partial charge in [-0.1, -0.05) is 32.0 Å². The normalized spacial score (nSPS) is 13.5. The van der Waals surface area contributed by atoms with Gasteiger partial charge in [-0.15, -0.1) is 0 Å². The molecule has 2 amide bonds. The van der Waals surface area contributed by atoms with Gasteiger partial charge in [0.25, 0.3) is 5.91 Å². The van der Waals surface area contributed by atoms with E-state index in [0.717, 1.165) is 22.6 Å². The molecule has 2 heterocycles. The van der Waals surface area contributed by atoms with Crippen molar-refractivity contribution in [2.24, 2.45) is 5.92 Å². The van der Waals surface area contributed by atoms with Crippen molar-refractivity contribution >= 4 is 11.8 Å². The summed E-state index contributed by atoms with van der Waals surface area (Å²) in [6.45, 7) is 6.41. The molecule has 4 rings (SSSR count). The monoisotopic (exact) mass is 491 g/mol. The van der Waals surface area contributed by atoms with Crippen molar-refractivity contribution in [2.45, 2.75) is 33.0 Å². The van der Waals surface area contributed by atoms with E-state index in [1.807, 2.05) is 47.4 Å². The standard InChI is InChI=1S/C28H33N3O5/c1-19(2)27(22-10-11-24-25(15-22)36-14-13-35-24)30-26(32)18-31(17-23-5-4-12-34-23)16-20-6-8-21(9-7-20)28(33)29-3/h4-12,15,19,27H,13-14,16-18H2,1-3H3,(H,29,33)(H,30,32)/t27-/m1/s1. The van der Waals surface area contributed by atoms with Crippen LogP contribution in [0, 0.1) is 5.92 Å². The number of amides is 2. The maximum absolute atomic E-state index is 13.2. The van der Waals surface area contributed by atoms with Gasteiger partial charge < -0.3 is 24.5 Å². The molecule has 0 saturated heterocycles. The molecule has 190 valence electrons. The Morgan fingerprint density at radius 1 is 0.972 bits per heavy atom. The molecule has 3 aromatic rings. The minimum atomic E-state index is -0.175. The second-order valence-electron chi connectivity index (χ2n) is 9.19. The molecule has 1 aliphatic rings. The Bertz CT molecular complexity index is 1160. The van der Waals surface area contributed by atoms with Gasteiger partial charge in [-0.05, 0) is 53.4 Å². The number of nitrogens with one attached hydrogen (secondary N) is 2. The van der Waals surface area contributed by atoms with Crippen LogP contribution in [-0.2, 0) is 17.9 Å². The van der Waals surface area contributed by atoms with E-state index < -0.39 is 0 Å². The summed E-state index contributed by atoms with van der Waals surface area (Å²) in [5, 5.41) is 5.83. The van der Waals surface area contributed by atoms with Gasteiger partial charge in [-0.2, -0.15) is 0 Å². The number of furan rings is 1. The van der Waals surface area contributed by atoms with Crippen LogP contribution < -0.4 is 20.1 Å². The van der Waals surface area contributed by atoms with E-state index in [0.29, 0.717) is 37.6 Å². The number of carbonyl (C=O) groups is 2. The van der Waals surface area contributed by atoms with Gasteiger partial charge >= 0.3 is 0 Å². The smallest absolute Gasteiger partial charge is 0.251 e. The van der Waals surface area contributed by atoms with E-state index in [4.69, 9.17) is 13.9 Å². The van der Waals surface area contributed by atoms with Crippen molar-refractivity contribution in [3.05, 3.63) is 83.3 Å². The molecule has 0 bridgehead atoms. The third-order valence-corrected chi connectivity index (χ3v) is 6.08. The molecule has 8 heteroatoms. The van der Waals surface area contributed by atoms with E-state index in [2.05, 4.69) is 24.5 Å². The number of nitrogens with zero attached hydrogens (tertiary/aromatic N) is 1. The molecule has 0 saturated carbocycles. The molecule has 0 radical (unpaired) electrons. The molecule has 36 heavy (non-hydrogen) atoms. The fraction of sp³-hybridized carbons (Fsp3) is 0.357. The molecule has 1 atom stereocenters. The van der Waals surface area contributed by atoms with E-state index in [9.17, 15) is 9.59 Å². The highest BCUT2D eigenvalue weighted by Gasteiger charge is 2.23. The van der Waals surface area contributed by atoms with E-state index in [1.165, 1.54) is 0 Å². The zero-order valence-electron chi connectivity index (χ0n) is 21.0. The number of hydrogen-bond donors (Lipinski definition) is 2. The van der Waals surface area contributed by atoms with E-state index >= 15 is 0 Å². The van der Waals surface area contributed by atoms with Gasteiger partial charge in [0.15, 0.2) is 11.5 Å². The van der Waals surface area contributed by atoms with Crippen molar-refractivity contribution in [3.63, 3.8) is 0 Å². The van der Waals surface area contributed by atoms with Crippen molar-refractivity contribution in [3.8, 4) is 11.5 Å². The predicted octanol–water partition coefficient (Wildman–Crippen LogP) is 3.93. The van der Waals surface area contributed by atoms with Gasteiger partial charge in [0.05, 0.1) is 25.4 Å². The first-order chi connectivity index (χ1) is 17.4.